The van der Waals surface area contributed by atoms with Gasteiger partial charge in [0, 0.05) is 42.3 Å². The fourth-order valence-corrected chi connectivity index (χ4v) is 13.4. The predicted octanol–water partition coefficient (Wildman–Crippen LogP) is 13.0. The van der Waals surface area contributed by atoms with Gasteiger partial charge in [0.2, 0.25) is 0 Å². The monoisotopic (exact) mass is 1240 g/mol. The molecule has 0 saturated heterocycles. The van der Waals surface area contributed by atoms with E-state index < -0.39 is 29.3 Å². The Morgan fingerprint density at radius 1 is 0.685 bits per heavy atom. The number of nitrogens with two attached hydrogens (primary N) is 3. The molecule has 6 atom stereocenters. The molecule has 0 bridgehead atoms. The van der Waals surface area contributed by atoms with Gasteiger partial charge in [0.1, 0.15) is 0 Å². The van der Waals surface area contributed by atoms with Crippen molar-refractivity contribution in [3.63, 3.8) is 0 Å². The summed E-state index contributed by atoms with van der Waals surface area (Å²) in [6.45, 7) is 17.8. The van der Waals surface area contributed by atoms with E-state index in [0.29, 0.717) is 41.1 Å². The fraction of sp³-hybridized carbons (Fsp3) is 0.548. The first-order valence-corrected chi connectivity index (χ1v) is 34.2. The second-order valence-corrected chi connectivity index (χ2v) is 26.2. The minimum absolute atomic E-state index is 0.0148. The number of carboxylic acids is 1. The number of likely N-dealkylation sites (N-methyl/N-ethyl adjacent to an activating group) is 1. The molecule has 0 radical (unpaired) electrons. The minimum atomic E-state index is -2.20. The van der Waals surface area contributed by atoms with Crippen LogP contribution in [0.25, 0.3) is 16.8 Å². The summed E-state index contributed by atoms with van der Waals surface area (Å²) in [4.78, 5) is 39.6. The van der Waals surface area contributed by atoms with Crippen LogP contribution in [0, 0.1) is 11.8 Å². The van der Waals surface area contributed by atoms with E-state index >= 15 is 0 Å². The maximum absolute atomic E-state index is 13.0. The van der Waals surface area contributed by atoms with E-state index in [1.807, 2.05) is 90.1 Å². The van der Waals surface area contributed by atoms with Gasteiger partial charge in [-0.2, -0.15) is 0 Å². The molecule has 488 valence electrons. The Morgan fingerprint density at radius 3 is 1.91 bits per heavy atom. The molecule has 4 aliphatic carbocycles. The van der Waals surface area contributed by atoms with E-state index in [0.717, 1.165) is 98.6 Å². The smallest absolute Gasteiger partial charge is 0.338 e. The summed E-state index contributed by atoms with van der Waals surface area (Å²) in [5.41, 5.74) is 25.8. The summed E-state index contributed by atoms with van der Waals surface area (Å²) in [5, 5.41) is 17.7. The molecular weight excluding hydrogens is 1140 g/mol. The largest absolute Gasteiger partial charge is 0.768 e. The number of rotatable bonds is 25. The number of anilines is 1. The number of carboxylic acid groups (broad SMARTS) is 1. The number of hydrogen-bond acceptors (Lipinski definition) is 12. The number of nitrogen functional groups attached to an aromatic ring is 1. The van der Waals surface area contributed by atoms with Gasteiger partial charge in [-0.1, -0.05) is 174 Å². The Morgan fingerprint density at radius 2 is 1.28 bits per heavy atom. The summed E-state index contributed by atoms with van der Waals surface area (Å²) in [6.07, 6.45) is 23.3. The van der Waals surface area contributed by atoms with Crippen LogP contribution in [0.1, 0.15) is 195 Å². The van der Waals surface area contributed by atoms with Crippen molar-refractivity contribution in [2.24, 2.45) is 23.3 Å². The van der Waals surface area contributed by atoms with Crippen LogP contribution in [-0.2, 0) is 60.7 Å². The normalized spacial score (nSPS) is 17.7. The van der Waals surface area contributed by atoms with Gasteiger partial charge in [0.15, 0.2) is 12.2 Å². The molecule has 2 fully saturated rings. The van der Waals surface area contributed by atoms with Gasteiger partial charge in [-0.25, -0.2) is 4.79 Å². The molecular formula is C73H105N6O9S-. The molecule has 5 aromatic rings. The molecule has 9 rings (SSSR count). The van der Waals surface area contributed by atoms with Gasteiger partial charge in [0.25, 0.3) is 11.8 Å². The van der Waals surface area contributed by atoms with Gasteiger partial charge < -0.3 is 51.7 Å². The number of nitrogens with one attached hydrogen (secondary N) is 2. The maximum Gasteiger partial charge on any atom is 0.338 e. The third kappa shape index (κ3) is 23.7. The standard InChI is InChI=1S/C24H34N2O2.C22H34N2O2.C16H25NO3S.C11H13NO2/c1-17(2)28-23(22(25)15-18-9-4-3-5-10-18)24(27)26-16-20-13-8-12-19-11-6-7-14-21(19)20;1-15(2)26-21(19(23)14-16-8-4-3-5-9-16)22(25)24-20-13-12-17-10-6-7-11-18(17)20;1-4-17(12-13-20-14(2)3)11-7-9-15-8-5-6-10-16(15)21(18)19;12-9-6-5-7-3-1-2-4-8(7)10(9)11(13)14/h6-8,11-14,17-18,22-23H,3-5,9-10,15-16,25H2,1-2H3,(H,26,27);6-7,10-11,15-16,19-21H,3-5,8-9,12-14,23H2,1-2H3,(H,24,25);5-10,14H,4,11-13H2,1-3H3,(H,18,19);5-6H,1-4,12H2,(H,13,14)/p-1/b;;9-7-;/t22-,23?;19-,20?,21?;;/m11../s1. The van der Waals surface area contributed by atoms with Crippen LogP contribution < -0.4 is 27.8 Å². The number of benzene rings is 5. The number of ether oxygens (including phenoxy) is 3. The second-order valence-electron chi connectivity index (χ2n) is 25.3. The lowest BCUT2D eigenvalue weighted by molar-refractivity contribution is -0.138. The van der Waals surface area contributed by atoms with Crippen molar-refractivity contribution >= 4 is 51.4 Å². The second kappa shape index (κ2) is 38.1. The summed E-state index contributed by atoms with van der Waals surface area (Å²) in [5.74, 6) is 0.194. The molecule has 0 aliphatic heterocycles. The first-order chi connectivity index (χ1) is 42.8. The van der Waals surface area contributed by atoms with Crippen molar-refractivity contribution in [2.75, 3.05) is 32.0 Å². The van der Waals surface area contributed by atoms with Crippen molar-refractivity contribution in [2.45, 2.75) is 224 Å². The summed E-state index contributed by atoms with van der Waals surface area (Å²) < 4.78 is 39.7. The highest BCUT2D eigenvalue weighted by Crippen LogP contribution is 2.33. The predicted molar refractivity (Wildman–Crippen MR) is 360 cm³/mol. The first-order valence-electron chi connectivity index (χ1n) is 33.1. The summed E-state index contributed by atoms with van der Waals surface area (Å²) in [6, 6.07) is 33.0. The van der Waals surface area contributed by atoms with Crippen molar-refractivity contribution in [3.8, 4) is 0 Å². The van der Waals surface area contributed by atoms with Crippen LogP contribution >= 0.6 is 0 Å². The number of carbonyl (C=O) groups excluding carboxylic acids is 2. The first kappa shape index (κ1) is 72.2. The number of aromatic carboxylic acids is 1. The lowest BCUT2D eigenvalue weighted by Crippen LogP contribution is -2.50. The zero-order valence-corrected chi connectivity index (χ0v) is 55.1. The van der Waals surface area contributed by atoms with Crippen molar-refractivity contribution < 1.29 is 42.5 Å². The lowest BCUT2D eigenvalue weighted by Gasteiger charge is -2.30. The number of amides is 2. The molecule has 4 aliphatic rings. The SMILES string of the molecule is CC(C)OC(C(=O)NC1CCc2ccccc21)[C@H](N)CC1CCCCC1.CC(C)OC(C(=O)NCc1cccc2ccccc12)[C@H](N)CC1CCCCC1.CCN(C/C=C\c1ccccc1S(=O)[O-])CCOC(C)C.Nc1ccc2c(c1C(=O)O)CCCC2. The highest BCUT2D eigenvalue weighted by atomic mass is 32.2. The van der Waals surface area contributed by atoms with E-state index in [2.05, 4.69) is 64.9 Å². The zero-order chi connectivity index (χ0) is 64.2. The number of fused-ring (bicyclic) bond motifs is 3. The molecule has 0 aromatic heterocycles. The average molecular weight is 1240 g/mol. The third-order valence-corrected chi connectivity index (χ3v) is 18.2. The van der Waals surface area contributed by atoms with Crippen LogP contribution in [0.2, 0.25) is 0 Å². The van der Waals surface area contributed by atoms with Crippen LogP contribution in [-0.4, -0.2) is 105 Å². The number of nitrogens with zero attached hydrogens (tertiary/aromatic N) is 1. The Balaban J connectivity index is 0.000000194. The molecule has 0 spiro atoms. The molecule has 5 aromatic carbocycles. The molecule has 2 saturated carbocycles. The number of carbonyl (C=O) groups is 3. The third-order valence-electron chi connectivity index (χ3n) is 17.4. The molecule has 9 N–H and O–H groups in total. The van der Waals surface area contributed by atoms with Crippen LogP contribution in [0.4, 0.5) is 5.69 Å². The van der Waals surface area contributed by atoms with E-state index in [-0.39, 0.29) is 48.3 Å². The topological polar surface area (TPSA) is 245 Å². The Labute approximate surface area is 534 Å². The molecule has 4 unspecified atom stereocenters. The van der Waals surface area contributed by atoms with Gasteiger partial charge in [-0.3, -0.25) is 18.7 Å². The quantitative estimate of drug-likeness (QED) is 0.0235. The number of hydrogen-bond donors (Lipinski definition) is 6. The van der Waals surface area contributed by atoms with Crippen molar-refractivity contribution in [3.05, 3.63) is 148 Å². The van der Waals surface area contributed by atoms with Crippen LogP contribution in [0.5, 0.6) is 0 Å². The zero-order valence-electron chi connectivity index (χ0n) is 54.3. The molecule has 16 heteroatoms. The van der Waals surface area contributed by atoms with Gasteiger partial charge >= 0.3 is 5.97 Å². The maximum atomic E-state index is 13.0. The summed E-state index contributed by atoms with van der Waals surface area (Å²) in [7, 11) is 0. The highest BCUT2D eigenvalue weighted by molar-refractivity contribution is 7.79. The van der Waals surface area contributed by atoms with E-state index in [1.165, 1.54) is 80.7 Å². The fourth-order valence-electron chi connectivity index (χ4n) is 12.8. The molecule has 89 heavy (non-hydrogen) atoms. The van der Waals surface area contributed by atoms with Crippen LogP contribution in [0.15, 0.2) is 114 Å². The van der Waals surface area contributed by atoms with E-state index in [1.54, 1.807) is 24.3 Å². The highest BCUT2D eigenvalue weighted by Gasteiger charge is 2.34. The van der Waals surface area contributed by atoms with Crippen LogP contribution in [0.3, 0.4) is 0 Å². The molecule has 2 amide bonds. The van der Waals surface area contributed by atoms with E-state index in [9.17, 15) is 23.1 Å². The Kier molecular flexibility index (Phi) is 31.0. The Bertz CT molecular complexity index is 3010. The average Bonchev–Trinajstić information content (AvgIpc) is 2.45. The van der Waals surface area contributed by atoms with Crippen molar-refractivity contribution in [1.29, 1.82) is 0 Å². The van der Waals surface area contributed by atoms with E-state index in [4.69, 9.17) is 36.5 Å². The Hall–Kier alpha value is -5.82. The summed E-state index contributed by atoms with van der Waals surface area (Å²) >= 11 is -2.20. The molecule has 0 heterocycles. The number of aryl methyl sites for hydroxylation is 2. The van der Waals surface area contributed by atoms with Gasteiger partial charge in [-0.05, 0) is 179 Å². The molecule has 15 nitrogen and oxygen atoms in total. The van der Waals surface area contributed by atoms with Gasteiger partial charge in [0.05, 0.1) is 36.5 Å². The van der Waals surface area contributed by atoms with Crippen molar-refractivity contribution in [1.82, 2.24) is 15.5 Å². The minimum Gasteiger partial charge on any atom is -0.768 e. The lowest BCUT2D eigenvalue weighted by atomic mass is 9.84. The van der Waals surface area contributed by atoms with Gasteiger partial charge in [-0.15, -0.1) is 0 Å².